The highest BCUT2D eigenvalue weighted by Crippen LogP contribution is 2.23. The second kappa shape index (κ2) is 11.4. The van der Waals surface area contributed by atoms with E-state index in [0.29, 0.717) is 18.5 Å². The van der Waals surface area contributed by atoms with E-state index in [1.54, 1.807) is 30.8 Å². The lowest BCUT2D eigenvalue weighted by Gasteiger charge is -2.18. The second-order valence-corrected chi connectivity index (χ2v) is 6.84. The number of aliphatic imine (C=N–C) groups is 1. The summed E-state index contributed by atoms with van der Waals surface area (Å²) in [5.74, 6) is 1.41. The molecule has 2 rings (SSSR count). The first-order chi connectivity index (χ1) is 12.5. The van der Waals surface area contributed by atoms with E-state index < -0.39 is 0 Å². The maximum atomic E-state index is 11.9. The summed E-state index contributed by atoms with van der Waals surface area (Å²) in [6.07, 6.45) is 5.56. The molecular weight excluding hydrogens is 459 g/mol. The van der Waals surface area contributed by atoms with Gasteiger partial charge in [0, 0.05) is 27.2 Å². The molecule has 1 fully saturated rings. The Morgan fingerprint density at radius 2 is 2.04 bits per heavy atom. The van der Waals surface area contributed by atoms with E-state index in [2.05, 4.69) is 22.7 Å². The molecule has 1 aliphatic carbocycles. The summed E-state index contributed by atoms with van der Waals surface area (Å²) < 4.78 is 7.23. The number of nitrogens with zero attached hydrogens (tertiary/aromatic N) is 4. The van der Waals surface area contributed by atoms with E-state index in [0.717, 1.165) is 36.4 Å². The molecular formula is C18H33IN6O2. The molecule has 1 saturated carbocycles. The SMILES string of the molecule is CCc1nn(C)c(OC)c1CN=C(NCC(=O)N(C)C)NC1CCCC1.I. The van der Waals surface area contributed by atoms with Crippen LogP contribution in [-0.4, -0.2) is 60.3 Å². The summed E-state index contributed by atoms with van der Waals surface area (Å²) in [6, 6.07) is 0.414. The van der Waals surface area contributed by atoms with Crippen molar-refractivity contribution in [1.82, 2.24) is 25.3 Å². The molecule has 0 saturated heterocycles. The number of methoxy groups -OCH3 is 1. The molecule has 154 valence electrons. The van der Waals surface area contributed by atoms with E-state index in [-0.39, 0.29) is 36.4 Å². The molecule has 0 aromatic carbocycles. The lowest BCUT2D eigenvalue weighted by molar-refractivity contribution is -0.127. The Morgan fingerprint density at radius 1 is 1.37 bits per heavy atom. The third kappa shape index (κ3) is 6.54. The van der Waals surface area contributed by atoms with Crippen molar-refractivity contribution < 1.29 is 9.53 Å². The molecule has 0 atom stereocenters. The van der Waals surface area contributed by atoms with Crippen LogP contribution < -0.4 is 15.4 Å². The van der Waals surface area contributed by atoms with Crippen molar-refractivity contribution in [1.29, 1.82) is 0 Å². The van der Waals surface area contributed by atoms with Gasteiger partial charge in [-0.15, -0.1) is 24.0 Å². The first-order valence-corrected chi connectivity index (χ1v) is 9.30. The van der Waals surface area contributed by atoms with Gasteiger partial charge in [0.1, 0.15) is 0 Å². The van der Waals surface area contributed by atoms with Crippen molar-refractivity contribution >= 4 is 35.8 Å². The van der Waals surface area contributed by atoms with Gasteiger partial charge in [-0.25, -0.2) is 9.67 Å². The lowest BCUT2D eigenvalue weighted by atomic mass is 10.2. The molecule has 2 N–H and O–H groups in total. The molecule has 0 unspecified atom stereocenters. The summed E-state index contributed by atoms with van der Waals surface area (Å²) in [5, 5.41) is 11.1. The Labute approximate surface area is 179 Å². The average molecular weight is 492 g/mol. The number of hydrogen-bond donors (Lipinski definition) is 2. The van der Waals surface area contributed by atoms with E-state index in [1.165, 1.54) is 12.8 Å². The molecule has 9 heteroatoms. The number of guanidine groups is 1. The molecule has 0 bridgehead atoms. The number of likely N-dealkylation sites (N-methyl/N-ethyl adjacent to an activating group) is 1. The summed E-state index contributed by atoms with van der Waals surface area (Å²) >= 11 is 0. The molecule has 0 spiro atoms. The highest BCUT2D eigenvalue weighted by atomic mass is 127. The van der Waals surface area contributed by atoms with Gasteiger partial charge < -0.3 is 20.3 Å². The maximum Gasteiger partial charge on any atom is 0.241 e. The van der Waals surface area contributed by atoms with Crippen molar-refractivity contribution in [2.24, 2.45) is 12.0 Å². The van der Waals surface area contributed by atoms with Gasteiger partial charge in [0.2, 0.25) is 11.8 Å². The molecule has 27 heavy (non-hydrogen) atoms. The highest BCUT2D eigenvalue weighted by Gasteiger charge is 2.18. The first kappa shape index (κ1) is 23.5. The van der Waals surface area contributed by atoms with Crippen molar-refractivity contribution in [3.05, 3.63) is 11.3 Å². The number of aromatic nitrogens is 2. The molecule has 1 aliphatic rings. The zero-order valence-corrected chi connectivity index (χ0v) is 19.4. The standard InChI is InChI=1S/C18H32N6O2.HI/c1-6-15-14(17(26-5)24(4)22-15)11-19-18(20-12-16(25)23(2)3)21-13-9-7-8-10-13;/h13H,6-12H2,1-5H3,(H2,19,20,21);1H. The fourth-order valence-electron chi connectivity index (χ4n) is 3.20. The van der Waals surface area contributed by atoms with Crippen LogP contribution in [0.4, 0.5) is 0 Å². The van der Waals surface area contributed by atoms with E-state index in [4.69, 9.17) is 9.73 Å². The fraction of sp³-hybridized carbons (Fsp3) is 0.722. The zero-order valence-electron chi connectivity index (χ0n) is 17.0. The number of amides is 1. The predicted molar refractivity (Wildman–Crippen MR) is 118 cm³/mol. The Balaban J connectivity index is 0.00000364. The maximum absolute atomic E-state index is 11.9. The van der Waals surface area contributed by atoms with Crippen LogP contribution in [0, 0.1) is 0 Å². The summed E-state index contributed by atoms with van der Waals surface area (Å²) in [7, 11) is 7.02. The topological polar surface area (TPSA) is 83.8 Å². The van der Waals surface area contributed by atoms with Gasteiger partial charge in [0.25, 0.3) is 0 Å². The minimum absolute atomic E-state index is 0. The normalized spacial score (nSPS) is 14.6. The molecule has 0 radical (unpaired) electrons. The van der Waals surface area contributed by atoms with Crippen LogP contribution in [0.3, 0.4) is 0 Å². The van der Waals surface area contributed by atoms with Crippen LogP contribution in [0.5, 0.6) is 5.88 Å². The molecule has 1 aromatic heterocycles. The number of carbonyl (C=O) groups is 1. The summed E-state index contributed by atoms with van der Waals surface area (Å²) in [6.45, 7) is 2.75. The van der Waals surface area contributed by atoms with Crippen LogP contribution >= 0.6 is 24.0 Å². The Hall–Kier alpha value is -1.52. The van der Waals surface area contributed by atoms with Gasteiger partial charge in [-0.2, -0.15) is 5.10 Å². The van der Waals surface area contributed by atoms with E-state index in [1.807, 2.05) is 7.05 Å². The molecule has 1 amide bonds. The Bertz CT molecular complexity index is 638. The lowest BCUT2D eigenvalue weighted by Crippen LogP contribution is -2.46. The second-order valence-electron chi connectivity index (χ2n) is 6.84. The zero-order chi connectivity index (χ0) is 19.1. The number of hydrogen-bond acceptors (Lipinski definition) is 4. The van der Waals surface area contributed by atoms with Crippen LogP contribution in [0.15, 0.2) is 4.99 Å². The van der Waals surface area contributed by atoms with E-state index >= 15 is 0 Å². The number of ether oxygens (including phenoxy) is 1. The fourth-order valence-corrected chi connectivity index (χ4v) is 3.20. The van der Waals surface area contributed by atoms with Crippen LogP contribution in [0.1, 0.15) is 43.9 Å². The molecule has 8 nitrogen and oxygen atoms in total. The minimum Gasteiger partial charge on any atom is -0.481 e. The highest BCUT2D eigenvalue weighted by molar-refractivity contribution is 14.0. The van der Waals surface area contributed by atoms with Crippen molar-refractivity contribution in [2.75, 3.05) is 27.7 Å². The van der Waals surface area contributed by atoms with Crippen molar-refractivity contribution in [3.63, 3.8) is 0 Å². The number of rotatable bonds is 7. The Kier molecular flexibility index (Phi) is 9.89. The van der Waals surface area contributed by atoms with Gasteiger partial charge >= 0.3 is 0 Å². The number of aryl methyl sites for hydroxylation is 2. The molecule has 1 aromatic rings. The van der Waals surface area contributed by atoms with Crippen LogP contribution in [0.2, 0.25) is 0 Å². The first-order valence-electron chi connectivity index (χ1n) is 9.30. The van der Waals surface area contributed by atoms with Crippen LogP contribution in [-0.2, 0) is 24.8 Å². The van der Waals surface area contributed by atoms with E-state index in [9.17, 15) is 4.79 Å². The van der Waals surface area contributed by atoms with Gasteiger partial charge in [-0.1, -0.05) is 19.8 Å². The van der Waals surface area contributed by atoms with Crippen molar-refractivity contribution in [3.8, 4) is 5.88 Å². The van der Waals surface area contributed by atoms with Gasteiger partial charge in [-0.05, 0) is 19.3 Å². The third-order valence-corrected chi connectivity index (χ3v) is 4.70. The quantitative estimate of drug-likeness (QED) is 0.344. The average Bonchev–Trinajstić information content (AvgIpc) is 3.23. The van der Waals surface area contributed by atoms with Gasteiger partial charge in [0.15, 0.2) is 5.96 Å². The predicted octanol–water partition coefficient (Wildman–Crippen LogP) is 1.68. The monoisotopic (exact) mass is 492 g/mol. The van der Waals surface area contributed by atoms with Crippen molar-refractivity contribution in [2.45, 2.75) is 51.6 Å². The van der Waals surface area contributed by atoms with Crippen LogP contribution in [0.25, 0.3) is 0 Å². The largest absolute Gasteiger partial charge is 0.481 e. The Morgan fingerprint density at radius 3 is 2.59 bits per heavy atom. The number of nitrogens with one attached hydrogen (secondary N) is 2. The van der Waals surface area contributed by atoms with Gasteiger partial charge in [0.05, 0.1) is 31.5 Å². The molecule has 1 heterocycles. The number of carbonyl (C=O) groups excluding carboxylic acids is 1. The molecule has 0 aliphatic heterocycles. The smallest absolute Gasteiger partial charge is 0.241 e. The number of halogens is 1. The summed E-state index contributed by atoms with van der Waals surface area (Å²) in [5.41, 5.74) is 1.97. The third-order valence-electron chi connectivity index (χ3n) is 4.70. The van der Waals surface area contributed by atoms with Gasteiger partial charge in [-0.3, -0.25) is 4.79 Å². The summed E-state index contributed by atoms with van der Waals surface area (Å²) in [4.78, 5) is 18.2. The minimum atomic E-state index is 0.